The summed E-state index contributed by atoms with van der Waals surface area (Å²) in [6.07, 6.45) is 0.0822. The van der Waals surface area contributed by atoms with E-state index in [1.165, 1.54) is 0 Å². The van der Waals surface area contributed by atoms with Crippen LogP contribution in [0, 0.1) is 0 Å². The van der Waals surface area contributed by atoms with E-state index < -0.39 is 5.97 Å². The minimum Gasteiger partial charge on any atom is -0.481 e. The topological polar surface area (TPSA) is 49.3 Å². The van der Waals surface area contributed by atoms with Crippen molar-refractivity contribution in [1.29, 1.82) is 0 Å². The monoisotopic (exact) mass is 353 g/mol. The standard InChI is InChI=1S/C15H16BrNO2S/c1-10(11-4-2-5-12(16)8-11)17-13(9-15(18)19)14-6-3-7-20-14/h2-8,10,13,17H,9H2,1H3,(H,18,19). The van der Waals surface area contributed by atoms with Crippen molar-refractivity contribution in [2.24, 2.45) is 0 Å². The summed E-state index contributed by atoms with van der Waals surface area (Å²) in [5.74, 6) is -0.794. The fourth-order valence-electron chi connectivity index (χ4n) is 2.08. The number of nitrogens with one attached hydrogen (secondary N) is 1. The highest BCUT2D eigenvalue weighted by molar-refractivity contribution is 9.10. The van der Waals surface area contributed by atoms with Crippen LogP contribution in [-0.2, 0) is 4.79 Å². The van der Waals surface area contributed by atoms with E-state index in [4.69, 9.17) is 5.11 Å². The molecule has 2 unspecified atom stereocenters. The van der Waals surface area contributed by atoms with Crippen molar-refractivity contribution >= 4 is 33.2 Å². The van der Waals surface area contributed by atoms with E-state index in [-0.39, 0.29) is 18.5 Å². The molecule has 3 nitrogen and oxygen atoms in total. The smallest absolute Gasteiger partial charge is 0.305 e. The minimum absolute atomic E-state index is 0.0822. The second-order valence-electron chi connectivity index (χ2n) is 4.61. The van der Waals surface area contributed by atoms with Crippen LogP contribution in [0.4, 0.5) is 0 Å². The molecule has 2 N–H and O–H groups in total. The number of halogens is 1. The lowest BCUT2D eigenvalue weighted by atomic mass is 10.1. The molecule has 0 radical (unpaired) electrons. The first kappa shape index (κ1) is 15.2. The van der Waals surface area contributed by atoms with E-state index in [1.807, 2.05) is 48.7 Å². The Bertz CT molecular complexity index is 571. The molecule has 1 aromatic heterocycles. The first-order valence-electron chi connectivity index (χ1n) is 6.33. The van der Waals surface area contributed by atoms with Gasteiger partial charge in [-0.25, -0.2) is 0 Å². The number of benzene rings is 1. The normalized spacial score (nSPS) is 13.9. The Balaban J connectivity index is 2.13. The van der Waals surface area contributed by atoms with Gasteiger partial charge >= 0.3 is 5.97 Å². The van der Waals surface area contributed by atoms with Crippen molar-refractivity contribution in [3.05, 3.63) is 56.7 Å². The average molecular weight is 354 g/mol. The molecule has 0 saturated heterocycles. The van der Waals surface area contributed by atoms with Gasteiger partial charge in [0.25, 0.3) is 0 Å². The van der Waals surface area contributed by atoms with Crippen molar-refractivity contribution in [3.8, 4) is 0 Å². The van der Waals surface area contributed by atoms with Gasteiger partial charge in [0, 0.05) is 15.4 Å². The summed E-state index contributed by atoms with van der Waals surface area (Å²) >= 11 is 5.03. The highest BCUT2D eigenvalue weighted by Gasteiger charge is 2.19. The first-order chi connectivity index (χ1) is 9.56. The molecule has 2 rings (SSSR count). The fourth-order valence-corrected chi connectivity index (χ4v) is 3.28. The molecule has 0 aliphatic carbocycles. The van der Waals surface area contributed by atoms with E-state index in [2.05, 4.69) is 21.2 Å². The summed E-state index contributed by atoms with van der Waals surface area (Å²) in [5.41, 5.74) is 1.13. The zero-order valence-electron chi connectivity index (χ0n) is 11.0. The van der Waals surface area contributed by atoms with Gasteiger partial charge in [-0.2, -0.15) is 0 Å². The third kappa shape index (κ3) is 4.16. The number of carboxylic acids is 1. The summed E-state index contributed by atoms with van der Waals surface area (Å²) in [6, 6.07) is 11.9. The van der Waals surface area contributed by atoms with Crippen LogP contribution in [0.3, 0.4) is 0 Å². The summed E-state index contributed by atoms with van der Waals surface area (Å²) in [5, 5.41) is 14.4. The highest BCUT2D eigenvalue weighted by atomic mass is 79.9. The Morgan fingerprint density at radius 2 is 2.20 bits per heavy atom. The summed E-state index contributed by atoms with van der Waals surface area (Å²) < 4.78 is 1.02. The molecule has 0 aliphatic rings. The Morgan fingerprint density at radius 1 is 1.40 bits per heavy atom. The van der Waals surface area contributed by atoms with Crippen LogP contribution in [0.25, 0.3) is 0 Å². The number of aliphatic carboxylic acids is 1. The maximum Gasteiger partial charge on any atom is 0.305 e. The third-order valence-corrected chi connectivity index (χ3v) is 4.54. The van der Waals surface area contributed by atoms with Crippen molar-refractivity contribution in [2.75, 3.05) is 0 Å². The van der Waals surface area contributed by atoms with Gasteiger partial charge < -0.3 is 10.4 Å². The molecule has 0 spiro atoms. The Labute approximate surface area is 130 Å². The van der Waals surface area contributed by atoms with Gasteiger partial charge in [-0.15, -0.1) is 11.3 Å². The lowest BCUT2D eigenvalue weighted by molar-refractivity contribution is -0.137. The van der Waals surface area contributed by atoms with E-state index in [9.17, 15) is 4.79 Å². The predicted octanol–water partition coefficient (Wildman–Crippen LogP) is 4.38. The predicted molar refractivity (Wildman–Crippen MR) is 85.0 cm³/mol. The Kier molecular flexibility index (Phi) is 5.34. The van der Waals surface area contributed by atoms with Gasteiger partial charge in [-0.05, 0) is 36.1 Å². The van der Waals surface area contributed by atoms with Crippen LogP contribution in [0.5, 0.6) is 0 Å². The molecule has 0 saturated carbocycles. The lowest BCUT2D eigenvalue weighted by Crippen LogP contribution is -2.26. The number of rotatable bonds is 6. The molecular weight excluding hydrogens is 338 g/mol. The van der Waals surface area contributed by atoms with Crippen LogP contribution < -0.4 is 5.32 Å². The maximum absolute atomic E-state index is 11.0. The summed E-state index contributed by atoms with van der Waals surface area (Å²) in [7, 11) is 0. The molecule has 2 atom stereocenters. The number of carbonyl (C=O) groups is 1. The molecule has 2 aromatic rings. The summed E-state index contributed by atoms with van der Waals surface area (Å²) in [4.78, 5) is 12.1. The fraction of sp³-hybridized carbons (Fsp3) is 0.267. The van der Waals surface area contributed by atoms with E-state index in [0.29, 0.717) is 0 Å². The van der Waals surface area contributed by atoms with Gasteiger partial charge in [0.1, 0.15) is 0 Å². The molecule has 106 valence electrons. The van der Waals surface area contributed by atoms with E-state index >= 15 is 0 Å². The van der Waals surface area contributed by atoms with Crippen LogP contribution in [0.2, 0.25) is 0 Å². The molecule has 20 heavy (non-hydrogen) atoms. The van der Waals surface area contributed by atoms with Crippen LogP contribution in [0.1, 0.15) is 35.9 Å². The van der Waals surface area contributed by atoms with Crippen molar-refractivity contribution in [3.63, 3.8) is 0 Å². The van der Waals surface area contributed by atoms with Crippen molar-refractivity contribution < 1.29 is 9.90 Å². The number of hydrogen-bond donors (Lipinski definition) is 2. The van der Waals surface area contributed by atoms with E-state index in [0.717, 1.165) is 14.9 Å². The average Bonchev–Trinajstić information content (AvgIpc) is 2.91. The molecular formula is C15H16BrNO2S. The quantitative estimate of drug-likeness (QED) is 0.810. The SMILES string of the molecule is CC(NC(CC(=O)O)c1cccs1)c1cccc(Br)c1. The Hall–Kier alpha value is -1.17. The number of thiophene rings is 1. The molecule has 0 fully saturated rings. The summed E-state index contributed by atoms with van der Waals surface area (Å²) in [6.45, 7) is 2.05. The number of carboxylic acid groups (broad SMARTS) is 1. The van der Waals surface area contributed by atoms with Crippen LogP contribution in [0.15, 0.2) is 46.3 Å². The molecule has 0 aliphatic heterocycles. The second kappa shape index (κ2) is 7.02. The lowest BCUT2D eigenvalue weighted by Gasteiger charge is -2.22. The molecule has 0 bridgehead atoms. The second-order valence-corrected chi connectivity index (χ2v) is 6.50. The zero-order valence-corrected chi connectivity index (χ0v) is 13.4. The van der Waals surface area contributed by atoms with Crippen molar-refractivity contribution in [2.45, 2.75) is 25.4 Å². The van der Waals surface area contributed by atoms with Gasteiger partial charge in [0.2, 0.25) is 0 Å². The largest absolute Gasteiger partial charge is 0.481 e. The molecule has 5 heteroatoms. The highest BCUT2D eigenvalue weighted by Crippen LogP contribution is 2.26. The van der Waals surface area contributed by atoms with Crippen LogP contribution in [-0.4, -0.2) is 11.1 Å². The van der Waals surface area contributed by atoms with Gasteiger partial charge in [0.05, 0.1) is 12.5 Å². The molecule has 1 aromatic carbocycles. The maximum atomic E-state index is 11.0. The number of hydrogen-bond acceptors (Lipinski definition) is 3. The molecule has 0 amide bonds. The van der Waals surface area contributed by atoms with Crippen molar-refractivity contribution in [1.82, 2.24) is 5.32 Å². The first-order valence-corrected chi connectivity index (χ1v) is 8.00. The van der Waals surface area contributed by atoms with Crippen LogP contribution >= 0.6 is 27.3 Å². The Morgan fingerprint density at radius 3 is 2.80 bits per heavy atom. The van der Waals surface area contributed by atoms with Gasteiger partial charge in [-0.3, -0.25) is 4.79 Å². The van der Waals surface area contributed by atoms with Gasteiger partial charge in [-0.1, -0.05) is 34.1 Å². The zero-order chi connectivity index (χ0) is 14.5. The van der Waals surface area contributed by atoms with E-state index in [1.54, 1.807) is 11.3 Å². The minimum atomic E-state index is -0.794. The third-order valence-electron chi connectivity index (χ3n) is 3.07. The van der Waals surface area contributed by atoms with Gasteiger partial charge in [0.15, 0.2) is 0 Å². The molecule has 1 heterocycles.